The van der Waals surface area contributed by atoms with Crippen LogP contribution in [0.4, 0.5) is 10.1 Å². The molecule has 2 aromatic carbocycles. The lowest BCUT2D eigenvalue weighted by Crippen LogP contribution is -2.43. The first-order valence-electron chi connectivity index (χ1n) is 10.4. The molecule has 0 spiro atoms. The molecule has 0 radical (unpaired) electrons. The molecule has 2 unspecified atom stereocenters. The number of rotatable bonds is 5. The van der Waals surface area contributed by atoms with Crippen molar-refractivity contribution in [1.29, 1.82) is 0 Å². The van der Waals surface area contributed by atoms with Gasteiger partial charge in [-0.05, 0) is 66.8 Å². The lowest BCUT2D eigenvalue weighted by Gasteiger charge is -2.38. The van der Waals surface area contributed by atoms with E-state index in [0.717, 1.165) is 16.5 Å². The van der Waals surface area contributed by atoms with Gasteiger partial charge in [0.1, 0.15) is 5.70 Å². The van der Waals surface area contributed by atoms with Gasteiger partial charge in [-0.3, -0.25) is 4.79 Å². The number of alkyl halides is 1. The maximum atomic E-state index is 15.7. The molecule has 0 N–H and O–H groups in total. The molecule has 0 fully saturated rings. The number of hydrogen-bond acceptors (Lipinski definition) is 2. The van der Waals surface area contributed by atoms with Crippen LogP contribution in [-0.4, -0.2) is 36.6 Å². The fourth-order valence-electron chi connectivity index (χ4n) is 4.08. The van der Waals surface area contributed by atoms with Crippen molar-refractivity contribution in [2.24, 2.45) is 0 Å². The predicted molar refractivity (Wildman–Crippen MR) is 124 cm³/mol. The zero-order valence-electron chi connectivity index (χ0n) is 18.8. The molecule has 3 nitrogen and oxygen atoms in total. The van der Waals surface area contributed by atoms with Crippen LogP contribution in [0.15, 0.2) is 77.5 Å². The van der Waals surface area contributed by atoms with Gasteiger partial charge in [-0.2, -0.15) is 0 Å². The largest absolute Gasteiger partial charge is 0.364 e. The minimum absolute atomic E-state index is 0.104. The van der Waals surface area contributed by atoms with Crippen LogP contribution in [0.2, 0.25) is 0 Å². The summed E-state index contributed by atoms with van der Waals surface area (Å²) >= 11 is 0. The third-order valence-corrected chi connectivity index (χ3v) is 6.35. The molecule has 0 bridgehead atoms. The van der Waals surface area contributed by atoms with E-state index in [-0.39, 0.29) is 11.9 Å². The molecular formula is C26H31FN2O. The summed E-state index contributed by atoms with van der Waals surface area (Å²) in [5.74, 6) is -0.152. The normalized spacial score (nSPS) is 18.8. The lowest BCUT2D eigenvalue weighted by molar-refractivity contribution is -0.116. The summed E-state index contributed by atoms with van der Waals surface area (Å²) in [6.45, 7) is 11.2. The van der Waals surface area contributed by atoms with Gasteiger partial charge in [0.2, 0.25) is 0 Å². The highest BCUT2D eigenvalue weighted by molar-refractivity contribution is 6.07. The molecule has 0 aliphatic carbocycles. The van der Waals surface area contributed by atoms with E-state index in [9.17, 15) is 4.79 Å². The van der Waals surface area contributed by atoms with Crippen LogP contribution >= 0.6 is 0 Å². The van der Waals surface area contributed by atoms with Crippen molar-refractivity contribution >= 4 is 22.4 Å². The Balaban J connectivity index is 2.04. The van der Waals surface area contributed by atoms with Crippen LogP contribution < -0.4 is 4.90 Å². The van der Waals surface area contributed by atoms with Crippen LogP contribution in [0, 0.1) is 0 Å². The second kappa shape index (κ2) is 8.10. The summed E-state index contributed by atoms with van der Waals surface area (Å²) in [6.07, 6.45) is 2.45. The first-order chi connectivity index (χ1) is 14.1. The average Bonchev–Trinajstić information content (AvgIpc) is 2.74. The Morgan fingerprint density at radius 1 is 1.23 bits per heavy atom. The number of carbonyl (C=O) groups is 1. The third-order valence-electron chi connectivity index (χ3n) is 6.35. The summed E-state index contributed by atoms with van der Waals surface area (Å²) in [7, 11) is 3.65. The van der Waals surface area contributed by atoms with Gasteiger partial charge < -0.3 is 9.80 Å². The Hall–Kier alpha value is -2.88. The van der Waals surface area contributed by atoms with Crippen molar-refractivity contribution in [3.05, 3.63) is 77.5 Å². The Kier molecular flexibility index (Phi) is 5.89. The minimum atomic E-state index is -1.68. The molecule has 1 aliphatic rings. The second-order valence-corrected chi connectivity index (χ2v) is 8.26. The minimum Gasteiger partial charge on any atom is -0.364 e. The van der Waals surface area contributed by atoms with Gasteiger partial charge in [0, 0.05) is 25.8 Å². The second-order valence-electron chi connectivity index (χ2n) is 8.26. The molecule has 1 amide bonds. The first kappa shape index (κ1) is 21.8. The smallest absolute Gasteiger partial charge is 0.274 e. The number of likely N-dealkylation sites (N-methyl/N-ethyl adjacent to an activating group) is 2. The summed E-state index contributed by atoms with van der Waals surface area (Å²) < 4.78 is 15.7. The number of allylic oxidation sites excluding steroid dienone is 3. The SMILES string of the molecule is C=C(CC)C(C)(F)C1=CC(C)N(C)C(C(=O)N(C)c2ccc3ccccc3c2)=C1C. The van der Waals surface area contributed by atoms with Crippen molar-refractivity contribution < 1.29 is 9.18 Å². The Bertz CT molecular complexity index is 1060. The van der Waals surface area contributed by atoms with E-state index in [0.29, 0.717) is 28.8 Å². The van der Waals surface area contributed by atoms with Gasteiger partial charge in [-0.1, -0.05) is 49.9 Å². The zero-order valence-corrected chi connectivity index (χ0v) is 18.8. The van der Waals surface area contributed by atoms with Crippen molar-refractivity contribution in [2.45, 2.75) is 45.8 Å². The fraction of sp³-hybridized carbons (Fsp3) is 0.346. The topological polar surface area (TPSA) is 23.6 Å². The van der Waals surface area contributed by atoms with Gasteiger partial charge in [-0.25, -0.2) is 4.39 Å². The number of amides is 1. The average molecular weight is 407 g/mol. The Morgan fingerprint density at radius 3 is 2.50 bits per heavy atom. The zero-order chi connectivity index (χ0) is 22.2. The maximum absolute atomic E-state index is 15.7. The van der Waals surface area contributed by atoms with Gasteiger partial charge in [0.05, 0.1) is 0 Å². The monoisotopic (exact) mass is 406 g/mol. The summed E-state index contributed by atoms with van der Waals surface area (Å²) in [5, 5.41) is 2.19. The van der Waals surface area contributed by atoms with E-state index in [1.54, 1.807) is 18.9 Å². The van der Waals surface area contributed by atoms with E-state index in [1.807, 2.05) is 81.3 Å². The highest BCUT2D eigenvalue weighted by atomic mass is 19.1. The van der Waals surface area contributed by atoms with Crippen molar-refractivity contribution in [3.8, 4) is 0 Å². The van der Waals surface area contributed by atoms with Crippen LogP contribution in [0.3, 0.4) is 0 Å². The molecule has 1 heterocycles. The highest BCUT2D eigenvalue weighted by Gasteiger charge is 2.38. The quantitative estimate of drug-likeness (QED) is 0.566. The van der Waals surface area contributed by atoms with E-state index in [2.05, 4.69) is 6.58 Å². The lowest BCUT2D eigenvalue weighted by atomic mass is 9.81. The van der Waals surface area contributed by atoms with Crippen LogP contribution in [0.25, 0.3) is 10.8 Å². The molecule has 30 heavy (non-hydrogen) atoms. The fourth-order valence-corrected chi connectivity index (χ4v) is 4.08. The van der Waals surface area contributed by atoms with Crippen molar-refractivity contribution in [3.63, 3.8) is 0 Å². The third kappa shape index (κ3) is 3.67. The maximum Gasteiger partial charge on any atom is 0.274 e. The molecule has 3 rings (SSSR count). The molecule has 4 heteroatoms. The molecular weight excluding hydrogens is 375 g/mol. The molecule has 158 valence electrons. The molecule has 2 atom stereocenters. The van der Waals surface area contributed by atoms with E-state index in [1.165, 1.54) is 0 Å². The number of anilines is 1. The van der Waals surface area contributed by atoms with Gasteiger partial charge >= 0.3 is 0 Å². The number of hydrogen-bond donors (Lipinski definition) is 0. The van der Waals surface area contributed by atoms with E-state index < -0.39 is 5.67 Å². The molecule has 0 saturated carbocycles. The molecule has 1 aliphatic heterocycles. The number of benzene rings is 2. The number of nitrogens with zero attached hydrogens (tertiary/aromatic N) is 2. The number of fused-ring (bicyclic) bond motifs is 1. The van der Waals surface area contributed by atoms with E-state index >= 15 is 4.39 Å². The van der Waals surface area contributed by atoms with Crippen LogP contribution in [0.5, 0.6) is 0 Å². The van der Waals surface area contributed by atoms with Gasteiger partial charge in [0.15, 0.2) is 5.67 Å². The standard InChI is InChI=1S/C26H31FN2O/c1-8-17(2)26(5,27)23-15-18(3)28(6)24(19(23)4)25(30)29(7)22-14-13-20-11-9-10-12-21(20)16-22/h9-16,18H,2,8H2,1,3-7H3. The predicted octanol–water partition coefficient (Wildman–Crippen LogP) is 6.03. The van der Waals surface area contributed by atoms with Crippen LogP contribution in [0.1, 0.15) is 34.1 Å². The first-order valence-corrected chi connectivity index (χ1v) is 10.4. The Labute approximate surface area is 179 Å². The molecule has 0 aromatic heterocycles. The van der Waals surface area contributed by atoms with Crippen molar-refractivity contribution in [1.82, 2.24) is 4.90 Å². The van der Waals surface area contributed by atoms with Crippen LogP contribution in [-0.2, 0) is 4.79 Å². The van der Waals surface area contributed by atoms with Gasteiger partial charge in [-0.15, -0.1) is 0 Å². The molecule has 2 aromatic rings. The molecule has 0 saturated heterocycles. The highest BCUT2D eigenvalue weighted by Crippen LogP contribution is 2.40. The summed E-state index contributed by atoms with van der Waals surface area (Å²) in [5.41, 5.74) is 1.35. The summed E-state index contributed by atoms with van der Waals surface area (Å²) in [6, 6.07) is 13.9. The summed E-state index contributed by atoms with van der Waals surface area (Å²) in [4.78, 5) is 17.1. The van der Waals surface area contributed by atoms with Gasteiger partial charge in [0.25, 0.3) is 5.91 Å². The number of carbonyl (C=O) groups excluding carboxylic acids is 1. The Morgan fingerprint density at radius 2 is 1.87 bits per heavy atom. The van der Waals surface area contributed by atoms with E-state index in [4.69, 9.17) is 0 Å². The van der Waals surface area contributed by atoms with Crippen molar-refractivity contribution in [2.75, 3.05) is 19.0 Å². The number of halogens is 1.